The van der Waals surface area contributed by atoms with E-state index in [4.69, 9.17) is 15.2 Å². The summed E-state index contributed by atoms with van der Waals surface area (Å²) in [5.41, 5.74) is 7.25. The van der Waals surface area contributed by atoms with E-state index in [-0.39, 0.29) is 12.4 Å². The van der Waals surface area contributed by atoms with Crippen molar-refractivity contribution in [3.05, 3.63) is 65.7 Å². The molecule has 5 nitrogen and oxygen atoms in total. The van der Waals surface area contributed by atoms with Crippen molar-refractivity contribution in [2.75, 3.05) is 13.2 Å². The zero-order valence-electron chi connectivity index (χ0n) is 14.6. The maximum Gasteiger partial charge on any atom is 0.323 e. The molecule has 1 atom stereocenters. The minimum Gasteiger partial charge on any atom is -0.481 e. The number of carbonyl (C=O) groups is 2. The molecule has 134 valence electrons. The Kier molecular flexibility index (Phi) is 7.41. The highest BCUT2D eigenvalue weighted by Gasteiger charge is 2.17. The van der Waals surface area contributed by atoms with Crippen molar-refractivity contribution >= 4 is 11.8 Å². The van der Waals surface area contributed by atoms with Crippen LogP contribution >= 0.6 is 0 Å². The van der Waals surface area contributed by atoms with Crippen molar-refractivity contribution in [2.45, 2.75) is 19.4 Å². The highest BCUT2D eigenvalue weighted by Crippen LogP contribution is 2.13. The number of Topliss-reactive ketones (excluding diaryl/α,β-unsaturated/α-hetero) is 1. The van der Waals surface area contributed by atoms with Gasteiger partial charge in [-0.15, -0.1) is 5.92 Å². The molecule has 0 radical (unpaired) electrons. The van der Waals surface area contributed by atoms with Gasteiger partial charge in [0.05, 0.1) is 0 Å². The van der Waals surface area contributed by atoms with E-state index in [1.807, 2.05) is 18.2 Å². The highest BCUT2D eigenvalue weighted by molar-refractivity contribution is 5.98. The topological polar surface area (TPSA) is 78.6 Å². The predicted molar refractivity (Wildman–Crippen MR) is 98.8 cm³/mol. The first-order valence-electron chi connectivity index (χ1n) is 8.22. The lowest BCUT2D eigenvalue weighted by Crippen LogP contribution is -2.35. The van der Waals surface area contributed by atoms with Crippen LogP contribution in [0.4, 0.5) is 0 Å². The number of rotatable bonds is 8. The third-order valence-corrected chi connectivity index (χ3v) is 3.61. The van der Waals surface area contributed by atoms with Gasteiger partial charge in [-0.2, -0.15) is 0 Å². The van der Waals surface area contributed by atoms with Crippen molar-refractivity contribution in [3.63, 3.8) is 0 Å². The number of ether oxygens (including phenoxy) is 2. The Hall–Kier alpha value is -3.10. The van der Waals surface area contributed by atoms with Crippen LogP contribution in [-0.4, -0.2) is 31.0 Å². The number of ketones is 1. The van der Waals surface area contributed by atoms with Crippen LogP contribution in [-0.2, 0) is 16.0 Å². The third-order valence-electron chi connectivity index (χ3n) is 3.61. The first-order valence-corrected chi connectivity index (χ1v) is 8.22. The van der Waals surface area contributed by atoms with Crippen molar-refractivity contribution in [2.24, 2.45) is 5.73 Å². The summed E-state index contributed by atoms with van der Waals surface area (Å²) in [6, 6.07) is 15.1. The molecule has 2 N–H and O–H groups in total. The van der Waals surface area contributed by atoms with Crippen molar-refractivity contribution in [1.29, 1.82) is 0 Å². The quantitative estimate of drug-likeness (QED) is 0.449. The van der Waals surface area contributed by atoms with Crippen molar-refractivity contribution in [1.82, 2.24) is 0 Å². The standard InChI is InChI=1S/C21H21NO4/c1-2-3-13-25-18-11-9-16(10-12-18)14-19(22)21(24)26-15-20(23)17-7-5-4-6-8-17/h4-12,19H,13-15,22H2,1H3. The summed E-state index contributed by atoms with van der Waals surface area (Å²) < 4.78 is 10.5. The fraction of sp³-hybridized carbons (Fsp3) is 0.238. The molecule has 0 heterocycles. The Bertz CT molecular complexity index is 788. The number of nitrogens with two attached hydrogens (primary N) is 1. The molecule has 0 fully saturated rings. The zero-order valence-corrected chi connectivity index (χ0v) is 14.6. The predicted octanol–water partition coefficient (Wildman–Crippen LogP) is 2.38. The number of carbonyl (C=O) groups excluding carboxylic acids is 2. The largest absolute Gasteiger partial charge is 0.481 e. The molecule has 5 heteroatoms. The molecule has 0 aliphatic rings. The molecule has 1 unspecified atom stereocenters. The summed E-state index contributed by atoms with van der Waals surface area (Å²) in [5.74, 6) is 5.39. The number of benzene rings is 2. The Labute approximate surface area is 153 Å². The van der Waals surface area contributed by atoms with Gasteiger partial charge in [-0.1, -0.05) is 48.4 Å². The molecule has 2 aromatic carbocycles. The van der Waals surface area contributed by atoms with Gasteiger partial charge in [0.25, 0.3) is 0 Å². The maximum absolute atomic E-state index is 12.0. The molecular weight excluding hydrogens is 330 g/mol. The van der Waals surface area contributed by atoms with Gasteiger partial charge in [0.15, 0.2) is 12.4 Å². The molecule has 0 aromatic heterocycles. The summed E-state index contributed by atoms with van der Waals surface area (Å²) >= 11 is 0. The van der Waals surface area contributed by atoms with Crippen LogP contribution in [0.1, 0.15) is 22.8 Å². The fourth-order valence-electron chi connectivity index (χ4n) is 2.20. The summed E-state index contributed by atoms with van der Waals surface area (Å²) in [5, 5.41) is 0. The molecule has 0 aliphatic carbocycles. The highest BCUT2D eigenvalue weighted by atomic mass is 16.5. The summed E-state index contributed by atoms with van der Waals surface area (Å²) in [6.07, 6.45) is 0.313. The molecule has 0 aliphatic heterocycles. The minimum absolute atomic E-state index is 0.261. The van der Waals surface area contributed by atoms with Gasteiger partial charge in [-0.3, -0.25) is 9.59 Å². The average Bonchev–Trinajstić information content (AvgIpc) is 2.68. The number of hydrogen-bond acceptors (Lipinski definition) is 5. The van der Waals surface area contributed by atoms with Crippen LogP contribution < -0.4 is 10.5 Å². The zero-order chi connectivity index (χ0) is 18.8. The lowest BCUT2D eigenvalue weighted by molar-refractivity contribution is -0.144. The second-order valence-corrected chi connectivity index (χ2v) is 5.57. The van der Waals surface area contributed by atoms with Gasteiger partial charge < -0.3 is 15.2 Å². The Morgan fingerprint density at radius 2 is 1.77 bits per heavy atom. The van der Waals surface area contributed by atoms with Gasteiger partial charge in [-0.05, 0) is 31.0 Å². The van der Waals surface area contributed by atoms with E-state index in [1.165, 1.54) is 0 Å². The molecule has 0 saturated heterocycles. The second kappa shape index (κ2) is 10.0. The van der Waals surface area contributed by atoms with Crippen LogP contribution in [0.5, 0.6) is 5.75 Å². The van der Waals surface area contributed by atoms with E-state index in [0.717, 1.165) is 5.56 Å². The van der Waals surface area contributed by atoms with Gasteiger partial charge in [0, 0.05) is 5.56 Å². The molecule has 0 amide bonds. The van der Waals surface area contributed by atoms with Crippen LogP contribution in [0.2, 0.25) is 0 Å². The van der Waals surface area contributed by atoms with E-state index in [9.17, 15) is 9.59 Å². The molecular formula is C21H21NO4. The van der Waals surface area contributed by atoms with Crippen LogP contribution in [0.15, 0.2) is 54.6 Å². The first-order chi connectivity index (χ1) is 12.6. The lowest BCUT2D eigenvalue weighted by atomic mass is 10.1. The normalized spacial score (nSPS) is 11.0. The van der Waals surface area contributed by atoms with E-state index in [1.54, 1.807) is 43.3 Å². The van der Waals surface area contributed by atoms with Gasteiger partial charge >= 0.3 is 5.97 Å². The third kappa shape index (κ3) is 6.08. The number of hydrogen-bond donors (Lipinski definition) is 1. The average molecular weight is 351 g/mol. The van der Waals surface area contributed by atoms with Crippen molar-refractivity contribution in [3.8, 4) is 17.6 Å². The van der Waals surface area contributed by atoms with Crippen LogP contribution in [0.3, 0.4) is 0 Å². The van der Waals surface area contributed by atoms with E-state index >= 15 is 0 Å². The minimum atomic E-state index is -0.837. The van der Waals surface area contributed by atoms with Gasteiger partial charge in [0.1, 0.15) is 18.4 Å². The van der Waals surface area contributed by atoms with E-state index < -0.39 is 12.0 Å². The SMILES string of the molecule is CC#CCOc1ccc(CC(N)C(=O)OCC(=O)c2ccccc2)cc1. The molecule has 2 rings (SSSR count). The summed E-state index contributed by atoms with van der Waals surface area (Å²) in [4.78, 5) is 23.9. The summed E-state index contributed by atoms with van der Waals surface area (Å²) in [6.45, 7) is 1.76. The fourth-order valence-corrected chi connectivity index (χ4v) is 2.20. The van der Waals surface area contributed by atoms with E-state index in [2.05, 4.69) is 11.8 Å². The van der Waals surface area contributed by atoms with Gasteiger partial charge in [0.2, 0.25) is 0 Å². The van der Waals surface area contributed by atoms with E-state index in [0.29, 0.717) is 24.3 Å². The van der Waals surface area contributed by atoms with Crippen LogP contribution in [0, 0.1) is 11.8 Å². The molecule has 0 spiro atoms. The number of esters is 1. The lowest BCUT2D eigenvalue weighted by Gasteiger charge is -2.12. The molecule has 2 aromatic rings. The Balaban J connectivity index is 1.80. The smallest absolute Gasteiger partial charge is 0.323 e. The second-order valence-electron chi connectivity index (χ2n) is 5.57. The van der Waals surface area contributed by atoms with Crippen molar-refractivity contribution < 1.29 is 19.1 Å². The first kappa shape index (κ1) is 19.2. The molecule has 0 bridgehead atoms. The van der Waals surface area contributed by atoms with Crippen LogP contribution in [0.25, 0.3) is 0 Å². The molecule has 0 saturated carbocycles. The monoisotopic (exact) mass is 351 g/mol. The Morgan fingerprint density at radius 1 is 1.08 bits per heavy atom. The Morgan fingerprint density at radius 3 is 2.42 bits per heavy atom. The summed E-state index contributed by atoms with van der Waals surface area (Å²) in [7, 11) is 0. The maximum atomic E-state index is 12.0. The van der Waals surface area contributed by atoms with Gasteiger partial charge in [-0.25, -0.2) is 0 Å². The molecule has 26 heavy (non-hydrogen) atoms.